The molecule has 0 radical (unpaired) electrons. The maximum Gasteiger partial charge on any atom is 0.328 e. The smallest absolute Gasteiger partial charge is 0.328 e. The summed E-state index contributed by atoms with van der Waals surface area (Å²) in [6.45, 7) is 5.07. The van der Waals surface area contributed by atoms with Crippen molar-refractivity contribution in [2.24, 2.45) is 5.92 Å². The number of anilines is 1. The zero-order valence-corrected chi connectivity index (χ0v) is 28.4. The lowest BCUT2D eigenvalue weighted by molar-refractivity contribution is -0.134. The van der Waals surface area contributed by atoms with Gasteiger partial charge in [-0.1, -0.05) is 35.5 Å². The van der Waals surface area contributed by atoms with E-state index in [9.17, 15) is 19.2 Å². The van der Waals surface area contributed by atoms with Gasteiger partial charge in [-0.2, -0.15) is 0 Å². The van der Waals surface area contributed by atoms with Crippen molar-refractivity contribution in [3.63, 3.8) is 0 Å². The number of halogens is 1. The van der Waals surface area contributed by atoms with Crippen LogP contribution in [0, 0.1) is 5.92 Å². The average Bonchev–Trinajstić information content (AvgIpc) is 3.48. The van der Waals surface area contributed by atoms with E-state index < -0.39 is 11.9 Å². The molecule has 2 heterocycles. The number of ketones is 1. The summed E-state index contributed by atoms with van der Waals surface area (Å²) in [6.07, 6.45) is 4.83. The first-order valence-corrected chi connectivity index (χ1v) is 16.9. The van der Waals surface area contributed by atoms with Crippen LogP contribution in [0.2, 0.25) is 5.02 Å². The Balaban J connectivity index is 0.000000579. The van der Waals surface area contributed by atoms with E-state index in [1.165, 1.54) is 0 Å². The number of fused-ring (bicyclic) bond motifs is 1. The molecule has 1 amide bonds. The fraction of sp³-hybridized carbons (Fsp3) is 0.333. The van der Waals surface area contributed by atoms with Gasteiger partial charge in [-0.15, -0.1) is 0 Å². The Kier molecular flexibility index (Phi) is 13.5. The molecule has 0 spiro atoms. The standard InChI is InChI=1S/C32H35ClN2O4S.C4H4O4/c1-22(36)35-28-7-3-4-8-30(28)40-32(35)27-21-26(38-2)13-14-29(27)39-20-6-5-17-34-18-15-24(16-19-34)31(37)23-9-11-25(33)12-10-23;5-3(6)1-2-4(7)8/h3-4,7-14,21,24,32H,5-6,15-20H2,1-2H3;1-2H,(H,5,6)(H,7,8)/b;2-1+. The van der Waals surface area contributed by atoms with Crippen LogP contribution in [0.25, 0.3) is 0 Å². The first-order valence-electron chi connectivity index (χ1n) is 15.6. The quantitative estimate of drug-likeness (QED) is 0.116. The van der Waals surface area contributed by atoms with Gasteiger partial charge >= 0.3 is 11.9 Å². The van der Waals surface area contributed by atoms with Crippen molar-refractivity contribution in [2.45, 2.75) is 42.9 Å². The van der Waals surface area contributed by atoms with E-state index in [1.807, 2.05) is 59.5 Å². The summed E-state index contributed by atoms with van der Waals surface area (Å²) in [4.78, 5) is 50.0. The molecule has 3 aromatic carbocycles. The number of hydrogen-bond donors (Lipinski definition) is 2. The van der Waals surface area contributed by atoms with Crippen molar-refractivity contribution in [3.8, 4) is 11.5 Å². The molecule has 3 aromatic rings. The molecule has 0 aliphatic carbocycles. The zero-order chi connectivity index (χ0) is 34.6. The fourth-order valence-electron chi connectivity index (χ4n) is 5.60. The summed E-state index contributed by atoms with van der Waals surface area (Å²) in [5.41, 5.74) is 2.62. The van der Waals surface area contributed by atoms with Gasteiger partial charge in [-0.05, 0) is 99.9 Å². The predicted molar refractivity (Wildman–Crippen MR) is 185 cm³/mol. The summed E-state index contributed by atoms with van der Waals surface area (Å²) in [6, 6.07) is 21.0. The van der Waals surface area contributed by atoms with Gasteiger partial charge in [0.2, 0.25) is 5.91 Å². The molecule has 0 bridgehead atoms. The van der Waals surface area contributed by atoms with Gasteiger partial charge in [-0.3, -0.25) is 14.5 Å². The number of carboxylic acid groups (broad SMARTS) is 2. The second-order valence-corrected chi connectivity index (χ2v) is 12.8. The lowest BCUT2D eigenvalue weighted by Gasteiger charge is -2.31. The van der Waals surface area contributed by atoms with E-state index in [2.05, 4.69) is 4.90 Å². The Morgan fingerprint density at radius 1 is 0.938 bits per heavy atom. The lowest BCUT2D eigenvalue weighted by atomic mass is 9.89. The van der Waals surface area contributed by atoms with Crippen molar-refractivity contribution in [1.29, 1.82) is 0 Å². The van der Waals surface area contributed by atoms with Crippen molar-refractivity contribution in [3.05, 3.63) is 95.0 Å². The summed E-state index contributed by atoms with van der Waals surface area (Å²) >= 11 is 7.62. The Labute approximate surface area is 289 Å². The normalized spacial score (nSPS) is 16.1. The number of Topliss-reactive ketones (excluding diaryl/α,β-unsaturated/α-hetero) is 1. The zero-order valence-electron chi connectivity index (χ0n) is 26.8. The number of ether oxygens (including phenoxy) is 2. The van der Waals surface area contributed by atoms with Crippen LogP contribution in [0.5, 0.6) is 11.5 Å². The summed E-state index contributed by atoms with van der Waals surface area (Å²) < 4.78 is 11.8. The van der Waals surface area contributed by atoms with Gasteiger partial charge in [0.05, 0.1) is 19.4 Å². The number of thioether (sulfide) groups is 1. The molecule has 1 atom stereocenters. The molecule has 0 saturated carbocycles. The second kappa shape index (κ2) is 17.7. The Hall–Kier alpha value is -4.32. The number of nitrogens with zero attached hydrogens (tertiary/aromatic N) is 2. The number of carbonyl (C=O) groups excluding carboxylic acids is 2. The number of para-hydroxylation sites is 1. The summed E-state index contributed by atoms with van der Waals surface area (Å²) in [5.74, 6) is -0.691. The molecule has 0 aromatic heterocycles. The van der Waals surface area contributed by atoms with Gasteiger partial charge < -0.3 is 24.6 Å². The first kappa shape index (κ1) is 36.5. The van der Waals surface area contributed by atoms with E-state index in [0.29, 0.717) is 23.8 Å². The van der Waals surface area contributed by atoms with E-state index in [4.69, 9.17) is 31.3 Å². The molecule has 1 saturated heterocycles. The van der Waals surface area contributed by atoms with E-state index >= 15 is 0 Å². The fourth-order valence-corrected chi connectivity index (χ4v) is 7.09. The third kappa shape index (κ3) is 10.1. The molecule has 48 heavy (non-hydrogen) atoms. The van der Waals surface area contributed by atoms with Gasteiger partial charge in [0.15, 0.2) is 5.78 Å². The third-order valence-corrected chi connectivity index (χ3v) is 9.54. The van der Waals surface area contributed by atoms with Crippen LogP contribution in [0.15, 0.2) is 83.8 Å². The molecule has 1 unspecified atom stereocenters. The number of carboxylic acids is 2. The molecule has 2 N–H and O–H groups in total. The first-order chi connectivity index (χ1) is 23.1. The molecule has 1 fully saturated rings. The van der Waals surface area contributed by atoms with Crippen LogP contribution in [-0.4, -0.2) is 72.1 Å². The molecule has 254 valence electrons. The monoisotopic (exact) mass is 694 g/mol. The van der Waals surface area contributed by atoms with Crippen LogP contribution in [0.4, 0.5) is 5.69 Å². The third-order valence-electron chi connectivity index (χ3n) is 8.00. The largest absolute Gasteiger partial charge is 0.497 e. The maximum absolute atomic E-state index is 12.8. The van der Waals surface area contributed by atoms with Crippen LogP contribution in [-0.2, 0) is 14.4 Å². The molecule has 2 aliphatic rings. The molecule has 10 nitrogen and oxygen atoms in total. The minimum Gasteiger partial charge on any atom is -0.497 e. The van der Waals surface area contributed by atoms with E-state index in [-0.39, 0.29) is 23.0 Å². The summed E-state index contributed by atoms with van der Waals surface area (Å²) in [7, 11) is 1.65. The number of methoxy groups -OCH3 is 1. The highest BCUT2D eigenvalue weighted by Gasteiger charge is 2.36. The van der Waals surface area contributed by atoms with Crippen molar-refractivity contribution in [1.82, 2.24) is 4.90 Å². The van der Waals surface area contributed by atoms with Crippen molar-refractivity contribution < 1.29 is 38.9 Å². The van der Waals surface area contributed by atoms with Crippen LogP contribution >= 0.6 is 23.4 Å². The number of benzene rings is 3. The van der Waals surface area contributed by atoms with E-state index in [1.54, 1.807) is 37.9 Å². The number of carbonyl (C=O) groups is 4. The van der Waals surface area contributed by atoms with Gasteiger partial charge in [0.1, 0.15) is 16.9 Å². The minimum atomic E-state index is -1.26. The highest BCUT2D eigenvalue weighted by Crippen LogP contribution is 2.53. The number of rotatable bonds is 12. The van der Waals surface area contributed by atoms with Gasteiger partial charge in [0, 0.05) is 46.0 Å². The van der Waals surface area contributed by atoms with Crippen molar-refractivity contribution >= 4 is 52.7 Å². The van der Waals surface area contributed by atoms with E-state index in [0.717, 1.165) is 78.5 Å². The summed E-state index contributed by atoms with van der Waals surface area (Å²) in [5, 5.41) is 16.1. The molecule has 5 rings (SSSR count). The lowest BCUT2D eigenvalue weighted by Crippen LogP contribution is -2.37. The molecular formula is C36H39ClN2O8S. The molecular weight excluding hydrogens is 656 g/mol. The minimum absolute atomic E-state index is 0.00476. The Morgan fingerprint density at radius 3 is 2.23 bits per heavy atom. The number of likely N-dealkylation sites (tertiary alicyclic amines) is 1. The van der Waals surface area contributed by atoms with Gasteiger partial charge in [-0.25, -0.2) is 9.59 Å². The Morgan fingerprint density at radius 2 is 1.60 bits per heavy atom. The van der Waals surface area contributed by atoms with Crippen LogP contribution < -0.4 is 14.4 Å². The van der Waals surface area contributed by atoms with Crippen LogP contribution in [0.1, 0.15) is 53.9 Å². The molecule has 2 aliphatic heterocycles. The number of aliphatic carboxylic acids is 2. The van der Waals surface area contributed by atoms with Crippen LogP contribution in [0.3, 0.4) is 0 Å². The average molecular weight is 695 g/mol. The molecule has 12 heteroatoms. The van der Waals surface area contributed by atoms with Crippen molar-refractivity contribution in [2.75, 3.05) is 38.3 Å². The topological polar surface area (TPSA) is 134 Å². The predicted octanol–water partition coefficient (Wildman–Crippen LogP) is 6.97. The number of unbranched alkanes of at least 4 members (excludes halogenated alkanes) is 1. The SMILES string of the molecule is COc1ccc(OCCCCN2CCC(C(=O)c3ccc(Cl)cc3)CC2)c(C2Sc3ccccc3N2C(C)=O)c1.O=C(O)/C=C/C(=O)O. The maximum atomic E-state index is 12.8. The highest BCUT2D eigenvalue weighted by atomic mass is 35.5. The highest BCUT2D eigenvalue weighted by molar-refractivity contribution is 8.00. The number of hydrogen-bond acceptors (Lipinski definition) is 8. The number of piperidine rings is 1. The second-order valence-electron chi connectivity index (χ2n) is 11.3. The van der Waals surface area contributed by atoms with Gasteiger partial charge in [0.25, 0.3) is 0 Å². The Bertz CT molecular complexity index is 1610. The number of amides is 1.